The number of carbonyl (C=O) groups is 2. The van der Waals surface area contributed by atoms with Crippen LogP contribution in [0.15, 0.2) is 24.3 Å². The van der Waals surface area contributed by atoms with Crippen LogP contribution in [-0.4, -0.2) is 46.7 Å². The molecule has 3 amide bonds. The van der Waals surface area contributed by atoms with Crippen LogP contribution < -0.4 is 10.1 Å². The molecule has 6 nitrogen and oxygen atoms in total. The number of nitrogens with one attached hydrogen (secondary N) is 1. The number of hydrogen-bond donors (Lipinski definition) is 2. The molecule has 136 valence electrons. The minimum Gasteiger partial charge on any atom is -0.491 e. The lowest BCUT2D eigenvalue weighted by Crippen LogP contribution is -2.48. The minimum atomic E-state index is -0.917. The molecule has 6 heteroatoms. The first-order chi connectivity index (χ1) is 12.0. The molecule has 3 rings (SSSR count). The number of nitrogens with zero attached hydrogens (tertiary/aromatic N) is 1. The number of aliphatic hydroxyl groups is 1. The number of imide groups is 1. The maximum atomic E-state index is 12.7. The van der Waals surface area contributed by atoms with E-state index in [1.807, 2.05) is 24.3 Å². The summed E-state index contributed by atoms with van der Waals surface area (Å²) in [4.78, 5) is 26.0. The normalized spacial score (nSPS) is 20.6. The van der Waals surface area contributed by atoms with Gasteiger partial charge < -0.3 is 15.2 Å². The van der Waals surface area contributed by atoms with Crippen LogP contribution in [0.5, 0.6) is 5.75 Å². The van der Waals surface area contributed by atoms with Crippen LogP contribution in [-0.2, 0) is 11.2 Å². The van der Waals surface area contributed by atoms with E-state index in [0.717, 1.165) is 30.6 Å². The van der Waals surface area contributed by atoms with Crippen LogP contribution in [0.1, 0.15) is 44.6 Å². The molecule has 1 unspecified atom stereocenters. The Morgan fingerprint density at radius 3 is 2.52 bits per heavy atom. The van der Waals surface area contributed by atoms with Crippen molar-refractivity contribution in [3.05, 3.63) is 29.8 Å². The largest absolute Gasteiger partial charge is 0.491 e. The van der Waals surface area contributed by atoms with E-state index < -0.39 is 17.7 Å². The van der Waals surface area contributed by atoms with Gasteiger partial charge >= 0.3 is 6.03 Å². The summed E-state index contributed by atoms with van der Waals surface area (Å²) < 4.78 is 5.57. The number of benzene rings is 1. The van der Waals surface area contributed by atoms with Gasteiger partial charge in [-0.05, 0) is 37.0 Å². The van der Waals surface area contributed by atoms with Crippen molar-refractivity contribution in [2.45, 2.75) is 57.1 Å². The number of urea groups is 1. The molecule has 1 aromatic rings. The fourth-order valence-electron chi connectivity index (χ4n) is 3.61. The molecule has 0 bridgehead atoms. The molecular weight excluding hydrogens is 320 g/mol. The van der Waals surface area contributed by atoms with Gasteiger partial charge in [0, 0.05) is 0 Å². The van der Waals surface area contributed by atoms with Gasteiger partial charge in [-0.15, -0.1) is 0 Å². The molecule has 2 N–H and O–H groups in total. The molecule has 2 aliphatic rings. The molecule has 1 spiro atoms. The second-order valence-corrected chi connectivity index (χ2v) is 6.95. The Bertz CT molecular complexity index is 623. The topological polar surface area (TPSA) is 78.9 Å². The van der Waals surface area contributed by atoms with Crippen molar-refractivity contribution in [1.29, 1.82) is 0 Å². The van der Waals surface area contributed by atoms with E-state index in [9.17, 15) is 14.7 Å². The van der Waals surface area contributed by atoms with Crippen LogP contribution in [0.4, 0.5) is 4.79 Å². The average Bonchev–Trinajstić information content (AvgIpc) is 2.85. The monoisotopic (exact) mass is 346 g/mol. The fourth-order valence-corrected chi connectivity index (χ4v) is 3.61. The van der Waals surface area contributed by atoms with Gasteiger partial charge in [-0.3, -0.25) is 9.69 Å². The van der Waals surface area contributed by atoms with Gasteiger partial charge in [-0.2, -0.15) is 0 Å². The zero-order valence-corrected chi connectivity index (χ0v) is 14.7. The van der Waals surface area contributed by atoms with Crippen molar-refractivity contribution in [3.63, 3.8) is 0 Å². The van der Waals surface area contributed by atoms with Gasteiger partial charge in [0.15, 0.2) is 0 Å². The lowest BCUT2D eigenvalue weighted by Gasteiger charge is -2.30. The van der Waals surface area contributed by atoms with E-state index in [4.69, 9.17) is 4.74 Å². The van der Waals surface area contributed by atoms with E-state index in [2.05, 4.69) is 12.2 Å². The molecule has 1 saturated heterocycles. The molecule has 1 aliphatic carbocycles. The lowest BCUT2D eigenvalue weighted by atomic mass is 9.82. The van der Waals surface area contributed by atoms with Gasteiger partial charge in [-0.25, -0.2) is 4.79 Å². The first-order valence-corrected chi connectivity index (χ1v) is 9.08. The Balaban J connectivity index is 1.54. The van der Waals surface area contributed by atoms with Gasteiger partial charge in [0.05, 0.1) is 6.54 Å². The van der Waals surface area contributed by atoms with Crippen LogP contribution >= 0.6 is 0 Å². The molecule has 1 aromatic carbocycles. The minimum absolute atomic E-state index is 0.0372. The van der Waals surface area contributed by atoms with Crippen molar-refractivity contribution in [1.82, 2.24) is 10.2 Å². The maximum Gasteiger partial charge on any atom is 0.325 e. The van der Waals surface area contributed by atoms with Crippen LogP contribution in [0.25, 0.3) is 0 Å². The summed E-state index contributed by atoms with van der Waals surface area (Å²) in [5.41, 5.74) is 0.469. The zero-order valence-electron chi connectivity index (χ0n) is 14.7. The number of hydrogen-bond acceptors (Lipinski definition) is 4. The highest BCUT2D eigenvalue weighted by Gasteiger charge is 2.51. The SMILES string of the molecule is CCc1ccc(OCC(O)CN2C(=O)NC3(CCCCC3)C2=O)cc1. The number of aliphatic hydroxyl groups excluding tert-OH is 1. The summed E-state index contributed by atoms with van der Waals surface area (Å²) in [6, 6.07) is 7.27. The second kappa shape index (κ2) is 7.44. The first kappa shape index (κ1) is 17.7. The van der Waals surface area contributed by atoms with E-state index >= 15 is 0 Å². The van der Waals surface area contributed by atoms with Crippen molar-refractivity contribution in [2.75, 3.05) is 13.2 Å². The average molecular weight is 346 g/mol. The predicted octanol–water partition coefficient (Wildman–Crippen LogP) is 2.24. The van der Waals surface area contributed by atoms with E-state index in [0.29, 0.717) is 18.6 Å². The van der Waals surface area contributed by atoms with Crippen molar-refractivity contribution < 1.29 is 19.4 Å². The summed E-state index contributed by atoms with van der Waals surface area (Å²) in [5.74, 6) is 0.459. The molecule has 2 fully saturated rings. The van der Waals surface area contributed by atoms with Crippen molar-refractivity contribution in [2.24, 2.45) is 0 Å². The van der Waals surface area contributed by atoms with Crippen molar-refractivity contribution in [3.8, 4) is 5.75 Å². The quantitative estimate of drug-likeness (QED) is 0.775. The number of rotatable bonds is 6. The summed E-state index contributed by atoms with van der Waals surface area (Å²) in [6.07, 6.45) is 4.39. The first-order valence-electron chi connectivity index (χ1n) is 9.08. The summed E-state index contributed by atoms with van der Waals surface area (Å²) in [6.45, 7) is 2.08. The molecule has 1 heterocycles. The Morgan fingerprint density at radius 1 is 1.20 bits per heavy atom. The van der Waals surface area contributed by atoms with Crippen LogP contribution in [0, 0.1) is 0 Å². The second-order valence-electron chi connectivity index (χ2n) is 6.95. The number of β-amino-alcohol motifs (C(OH)–C–C–N with tert-alkyl or cyclic N) is 1. The van der Waals surface area contributed by atoms with Gasteiger partial charge in [0.25, 0.3) is 5.91 Å². The molecule has 1 saturated carbocycles. The van der Waals surface area contributed by atoms with E-state index in [-0.39, 0.29) is 19.1 Å². The highest BCUT2D eigenvalue weighted by atomic mass is 16.5. The number of amides is 3. The summed E-state index contributed by atoms with van der Waals surface area (Å²) in [7, 11) is 0. The predicted molar refractivity (Wildman–Crippen MR) is 93.4 cm³/mol. The Kier molecular flexibility index (Phi) is 5.27. The zero-order chi connectivity index (χ0) is 17.9. The van der Waals surface area contributed by atoms with Gasteiger partial charge in [-0.1, -0.05) is 38.3 Å². The molecule has 0 radical (unpaired) electrons. The third-order valence-electron chi connectivity index (χ3n) is 5.12. The van der Waals surface area contributed by atoms with Gasteiger partial charge in [0.2, 0.25) is 0 Å². The highest BCUT2D eigenvalue weighted by molar-refractivity contribution is 6.07. The standard InChI is InChI=1S/C19H26N2O4/c1-2-14-6-8-16(9-7-14)25-13-15(22)12-21-17(23)19(20-18(21)24)10-4-3-5-11-19/h6-9,15,22H,2-5,10-13H2,1H3,(H,20,24). The molecule has 1 atom stereocenters. The lowest BCUT2D eigenvalue weighted by molar-refractivity contribution is -0.133. The Labute approximate surface area is 148 Å². The number of carbonyl (C=O) groups excluding carboxylic acids is 2. The molecule has 25 heavy (non-hydrogen) atoms. The third-order valence-corrected chi connectivity index (χ3v) is 5.12. The van der Waals surface area contributed by atoms with E-state index in [1.54, 1.807) is 0 Å². The molecule has 1 aliphatic heterocycles. The highest BCUT2D eigenvalue weighted by Crippen LogP contribution is 2.33. The van der Waals surface area contributed by atoms with Crippen LogP contribution in [0.2, 0.25) is 0 Å². The molecule has 0 aromatic heterocycles. The Morgan fingerprint density at radius 2 is 1.88 bits per heavy atom. The maximum absolute atomic E-state index is 12.7. The summed E-state index contributed by atoms with van der Waals surface area (Å²) in [5, 5.41) is 13.0. The van der Waals surface area contributed by atoms with Crippen LogP contribution in [0.3, 0.4) is 0 Å². The van der Waals surface area contributed by atoms with Crippen molar-refractivity contribution >= 4 is 11.9 Å². The summed E-state index contributed by atoms with van der Waals surface area (Å²) >= 11 is 0. The smallest absolute Gasteiger partial charge is 0.325 e. The fraction of sp³-hybridized carbons (Fsp3) is 0.579. The number of ether oxygens (including phenoxy) is 1. The van der Waals surface area contributed by atoms with E-state index in [1.165, 1.54) is 5.56 Å². The van der Waals surface area contributed by atoms with Gasteiger partial charge in [0.1, 0.15) is 24.0 Å². The Hall–Kier alpha value is -2.08. The number of aryl methyl sites for hydroxylation is 1. The third kappa shape index (κ3) is 3.79. The molecular formula is C19H26N2O4.